The summed E-state index contributed by atoms with van der Waals surface area (Å²) >= 11 is 3.13. The van der Waals surface area contributed by atoms with Gasteiger partial charge in [-0.1, -0.05) is 30.0 Å². The number of thiazole rings is 1. The molecule has 0 radical (unpaired) electrons. The van der Waals surface area contributed by atoms with Crippen LogP contribution in [0.15, 0.2) is 38.4 Å². The Bertz CT molecular complexity index is 794. The summed E-state index contributed by atoms with van der Waals surface area (Å²) in [6.45, 7) is 1.95. The molecule has 108 valence electrons. The molecule has 3 aromatic rings. The molecule has 0 aliphatic heterocycles. The van der Waals surface area contributed by atoms with E-state index < -0.39 is 0 Å². The van der Waals surface area contributed by atoms with Crippen molar-refractivity contribution >= 4 is 40.0 Å². The van der Waals surface area contributed by atoms with Crippen molar-refractivity contribution in [3.63, 3.8) is 0 Å². The predicted molar refractivity (Wildman–Crippen MR) is 84.3 cm³/mol. The van der Waals surface area contributed by atoms with Crippen molar-refractivity contribution in [2.45, 2.75) is 17.0 Å². The SMILES string of the molecule is Cc1csc(SCc2oc3ccccc3c2C(=O)NN)n1. The maximum atomic E-state index is 12.0. The fourth-order valence-electron chi connectivity index (χ4n) is 2.04. The highest BCUT2D eigenvalue weighted by molar-refractivity contribution is 8.00. The minimum Gasteiger partial charge on any atom is -0.459 e. The number of nitrogens with zero attached hydrogens (tertiary/aromatic N) is 1. The first-order chi connectivity index (χ1) is 10.2. The van der Waals surface area contributed by atoms with Crippen LogP contribution in [-0.2, 0) is 5.75 Å². The van der Waals surface area contributed by atoms with E-state index in [9.17, 15) is 4.79 Å². The molecule has 7 heteroatoms. The van der Waals surface area contributed by atoms with Crippen LogP contribution in [0.5, 0.6) is 0 Å². The summed E-state index contributed by atoms with van der Waals surface area (Å²) in [6.07, 6.45) is 0. The monoisotopic (exact) mass is 319 g/mol. The lowest BCUT2D eigenvalue weighted by atomic mass is 10.1. The summed E-state index contributed by atoms with van der Waals surface area (Å²) in [6, 6.07) is 7.43. The Balaban J connectivity index is 1.95. The van der Waals surface area contributed by atoms with Crippen LogP contribution in [0, 0.1) is 6.92 Å². The first-order valence-corrected chi connectivity index (χ1v) is 8.12. The topological polar surface area (TPSA) is 81.2 Å². The van der Waals surface area contributed by atoms with Gasteiger partial charge in [-0.3, -0.25) is 10.2 Å². The number of nitrogen functional groups attached to an aromatic ring is 1. The number of carbonyl (C=O) groups is 1. The Morgan fingerprint density at radius 1 is 1.48 bits per heavy atom. The van der Waals surface area contributed by atoms with Gasteiger partial charge >= 0.3 is 0 Å². The molecule has 0 aliphatic carbocycles. The predicted octanol–water partition coefficient (Wildman–Crippen LogP) is 3.09. The van der Waals surface area contributed by atoms with E-state index in [1.165, 1.54) is 0 Å². The van der Waals surface area contributed by atoms with Crippen LogP contribution in [0.3, 0.4) is 0 Å². The van der Waals surface area contributed by atoms with E-state index in [1.807, 2.05) is 36.6 Å². The minimum absolute atomic E-state index is 0.342. The number of benzene rings is 1. The lowest BCUT2D eigenvalue weighted by Crippen LogP contribution is -2.30. The van der Waals surface area contributed by atoms with Crippen LogP contribution in [-0.4, -0.2) is 10.9 Å². The molecule has 0 atom stereocenters. The van der Waals surface area contributed by atoms with E-state index in [4.69, 9.17) is 10.3 Å². The molecule has 0 saturated carbocycles. The molecule has 0 aliphatic rings. The number of nitrogens with two attached hydrogens (primary N) is 1. The van der Waals surface area contributed by atoms with Gasteiger partial charge in [0.2, 0.25) is 0 Å². The lowest BCUT2D eigenvalue weighted by molar-refractivity contribution is 0.0953. The molecular formula is C14H13N3O2S2. The van der Waals surface area contributed by atoms with Gasteiger partial charge in [0, 0.05) is 16.5 Å². The van der Waals surface area contributed by atoms with Gasteiger partial charge < -0.3 is 4.42 Å². The third-order valence-corrected chi connectivity index (χ3v) is 5.09. The molecule has 0 unspecified atom stereocenters. The van der Waals surface area contributed by atoms with Crippen LogP contribution in [0.4, 0.5) is 0 Å². The number of amides is 1. The highest BCUT2D eigenvalue weighted by Crippen LogP contribution is 2.32. The zero-order chi connectivity index (χ0) is 14.8. The molecule has 2 aromatic heterocycles. The number of aryl methyl sites for hydroxylation is 1. The summed E-state index contributed by atoms with van der Waals surface area (Å²) in [5, 5.41) is 2.76. The molecule has 1 amide bonds. The molecule has 2 heterocycles. The van der Waals surface area contributed by atoms with Gasteiger partial charge in [-0.05, 0) is 13.0 Å². The third kappa shape index (κ3) is 2.80. The van der Waals surface area contributed by atoms with E-state index in [0.29, 0.717) is 22.7 Å². The van der Waals surface area contributed by atoms with Gasteiger partial charge in [0.1, 0.15) is 11.3 Å². The number of thioether (sulfide) groups is 1. The van der Waals surface area contributed by atoms with Crippen molar-refractivity contribution in [2.75, 3.05) is 0 Å². The normalized spacial score (nSPS) is 11.0. The molecule has 5 nitrogen and oxygen atoms in total. The number of para-hydroxylation sites is 1. The molecular weight excluding hydrogens is 306 g/mol. The third-order valence-electron chi connectivity index (χ3n) is 2.95. The van der Waals surface area contributed by atoms with Gasteiger partial charge in [-0.15, -0.1) is 11.3 Å². The number of nitrogens with one attached hydrogen (secondary N) is 1. The smallest absolute Gasteiger partial charge is 0.269 e. The minimum atomic E-state index is -0.342. The van der Waals surface area contributed by atoms with Crippen molar-refractivity contribution in [2.24, 2.45) is 5.84 Å². The zero-order valence-electron chi connectivity index (χ0n) is 11.3. The van der Waals surface area contributed by atoms with Crippen molar-refractivity contribution in [1.29, 1.82) is 0 Å². The Morgan fingerprint density at radius 3 is 3.00 bits per heavy atom. The first-order valence-electron chi connectivity index (χ1n) is 6.25. The summed E-state index contributed by atoms with van der Waals surface area (Å²) in [7, 11) is 0. The maximum Gasteiger partial charge on any atom is 0.269 e. The summed E-state index contributed by atoms with van der Waals surface area (Å²) < 4.78 is 6.74. The molecule has 0 fully saturated rings. The van der Waals surface area contributed by atoms with Crippen molar-refractivity contribution in [3.8, 4) is 0 Å². The van der Waals surface area contributed by atoms with Gasteiger partial charge in [0.25, 0.3) is 5.91 Å². The van der Waals surface area contributed by atoms with Crippen molar-refractivity contribution < 1.29 is 9.21 Å². The fourth-order valence-corrected chi connectivity index (χ4v) is 3.83. The van der Waals surface area contributed by atoms with E-state index in [1.54, 1.807) is 23.1 Å². The van der Waals surface area contributed by atoms with Gasteiger partial charge in [-0.25, -0.2) is 10.8 Å². The Kier molecular flexibility index (Phi) is 3.96. The van der Waals surface area contributed by atoms with Crippen LogP contribution >= 0.6 is 23.1 Å². The summed E-state index contributed by atoms with van der Waals surface area (Å²) in [5.74, 6) is 6.07. The van der Waals surface area contributed by atoms with Crippen LogP contribution in [0.25, 0.3) is 11.0 Å². The average Bonchev–Trinajstić information content (AvgIpc) is 3.07. The molecule has 3 N–H and O–H groups in total. The Hall–Kier alpha value is -1.83. The fraction of sp³-hybridized carbons (Fsp3) is 0.143. The average molecular weight is 319 g/mol. The molecule has 21 heavy (non-hydrogen) atoms. The van der Waals surface area contributed by atoms with E-state index in [2.05, 4.69) is 10.4 Å². The largest absolute Gasteiger partial charge is 0.459 e. The molecule has 3 rings (SSSR count). The highest BCUT2D eigenvalue weighted by Gasteiger charge is 2.20. The molecule has 0 spiro atoms. The number of rotatable bonds is 4. The van der Waals surface area contributed by atoms with Crippen LogP contribution in [0.2, 0.25) is 0 Å². The van der Waals surface area contributed by atoms with E-state index in [-0.39, 0.29) is 5.91 Å². The standard InChI is InChI=1S/C14H13N3O2S2/c1-8-6-20-14(16-8)21-7-11-12(13(18)17-15)9-4-2-3-5-10(9)19-11/h2-6H,7,15H2,1H3,(H,17,18). The second kappa shape index (κ2) is 5.88. The maximum absolute atomic E-state index is 12.0. The number of fused-ring (bicyclic) bond motifs is 1. The lowest BCUT2D eigenvalue weighted by Gasteiger charge is -2.00. The highest BCUT2D eigenvalue weighted by atomic mass is 32.2. The van der Waals surface area contributed by atoms with Crippen molar-refractivity contribution in [1.82, 2.24) is 10.4 Å². The van der Waals surface area contributed by atoms with Gasteiger partial charge in [-0.2, -0.15) is 0 Å². The Labute approximate surface area is 129 Å². The molecule has 0 saturated heterocycles. The quantitative estimate of drug-likeness (QED) is 0.334. The van der Waals surface area contributed by atoms with Gasteiger partial charge in [0.05, 0.1) is 11.3 Å². The molecule has 0 bridgehead atoms. The number of furan rings is 1. The van der Waals surface area contributed by atoms with Crippen LogP contribution in [0.1, 0.15) is 21.8 Å². The van der Waals surface area contributed by atoms with Crippen molar-refractivity contribution in [3.05, 3.63) is 46.7 Å². The van der Waals surface area contributed by atoms with E-state index in [0.717, 1.165) is 15.4 Å². The Morgan fingerprint density at radius 2 is 2.29 bits per heavy atom. The van der Waals surface area contributed by atoms with Gasteiger partial charge in [0.15, 0.2) is 4.34 Å². The van der Waals surface area contributed by atoms with E-state index >= 15 is 0 Å². The second-order valence-electron chi connectivity index (χ2n) is 4.41. The number of hydrogen-bond donors (Lipinski definition) is 2. The zero-order valence-corrected chi connectivity index (χ0v) is 12.9. The molecule has 1 aromatic carbocycles. The second-order valence-corrected chi connectivity index (χ2v) is 6.49. The summed E-state index contributed by atoms with van der Waals surface area (Å²) in [5.41, 5.74) is 4.35. The number of hydrogen-bond acceptors (Lipinski definition) is 6. The first kappa shape index (κ1) is 14.1. The van der Waals surface area contributed by atoms with Crippen LogP contribution < -0.4 is 11.3 Å². The summed E-state index contributed by atoms with van der Waals surface area (Å²) in [4.78, 5) is 16.4. The number of hydrazine groups is 1. The number of carbonyl (C=O) groups excluding carboxylic acids is 1. The number of aromatic nitrogens is 1.